The van der Waals surface area contributed by atoms with Crippen molar-refractivity contribution in [1.82, 2.24) is 10.3 Å². The van der Waals surface area contributed by atoms with E-state index in [4.69, 9.17) is 0 Å². The van der Waals surface area contributed by atoms with Gasteiger partial charge in [0.2, 0.25) is 0 Å². The molecule has 1 amide bonds. The van der Waals surface area contributed by atoms with Crippen LogP contribution in [0.1, 0.15) is 34.6 Å². The molecule has 4 nitrogen and oxygen atoms in total. The fourth-order valence-corrected chi connectivity index (χ4v) is 3.80. The monoisotopic (exact) mass is 463 g/mol. The average Bonchev–Trinajstić information content (AvgIpc) is 2.82. The van der Waals surface area contributed by atoms with Gasteiger partial charge in [0, 0.05) is 19.7 Å². The van der Waals surface area contributed by atoms with E-state index >= 15 is 0 Å². The van der Waals surface area contributed by atoms with Gasteiger partial charge in [-0.15, -0.1) is 0 Å². The number of nitrogens with zero attached hydrogens (tertiary/aromatic N) is 2. The van der Waals surface area contributed by atoms with Gasteiger partial charge in [-0.2, -0.15) is 13.2 Å². The van der Waals surface area contributed by atoms with E-state index in [1.165, 1.54) is 12.1 Å². The Kier molecular flexibility index (Phi) is 6.28. The second-order valence-corrected chi connectivity index (χ2v) is 8.33. The summed E-state index contributed by atoms with van der Waals surface area (Å²) in [5.74, 6) is 0.575. The van der Waals surface area contributed by atoms with Crippen molar-refractivity contribution < 1.29 is 18.0 Å². The molecule has 0 fully saturated rings. The Morgan fingerprint density at radius 3 is 2.32 bits per heavy atom. The van der Waals surface area contributed by atoms with Gasteiger partial charge in [-0.3, -0.25) is 4.79 Å². The molecule has 0 saturated carbocycles. The van der Waals surface area contributed by atoms with E-state index in [0.29, 0.717) is 11.1 Å². The summed E-state index contributed by atoms with van der Waals surface area (Å²) >= 11 is 0. The number of pyridine rings is 1. The first-order valence-electron chi connectivity index (χ1n) is 10.8. The first kappa shape index (κ1) is 23.3. The number of nitrogens with one attached hydrogen (secondary N) is 1. The van der Waals surface area contributed by atoms with Gasteiger partial charge in [0.25, 0.3) is 5.91 Å². The number of rotatable bonds is 5. The summed E-state index contributed by atoms with van der Waals surface area (Å²) in [4.78, 5) is 19.4. The maximum absolute atomic E-state index is 12.9. The highest BCUT2D eigenvalue weighted by Crippen LogP contribution is 2.33. The third kappa shape index (κ3) is 4.88. The molecule has 0 saturated heterocycles. The number of benzene rings is 3. The topological polar surface area (TPSA) is 45.2 Å². The fourth-order valence-electron chi connectivity index (χ4n) is 3.80. The maximum atomic E-state index is 12.9. The minimum absolute atomic E-state index is 0.230. The van der Waals surface area contributed by atoms with E-state index in [9.17, 15) is 18.0 Å². The number of fused-ring (bicyclic) bond motifs is 1. The maximum Gasteiger partial charge on any atom is 0.416 e. The minimum Gasteiger partial charge on any atom is -0.363 e. The highest BCUT2D eigenvalue weighted by atomic mass is 19.4. The molecule has 0 aliphatic heterocycles. The Bertz CT molecular complexity index is 1330. The Balaban J connectivity index is 1.58. The second kappa shape index (κ2) is 9.17. The van der Waals surface area contributed by atoms with Crippen molar-refractivity contribution in [2.45, 2.75) is 19.1 Å². The number of carbonyl (C=O) groups excluding carboxylic acids is 1. The summed E-state index contributed by atoms with van der Waals surface area (Å²) in [7, 11) is 3.81. The molecule has 3 aromatic carbocycles. The number of aromatic nitrogens is 1. The Hall–Kier alpha value is -3.87. The van der Waals surface area contributed by atoms with E-state index in [1.54, 1.807) is 12.1 Å². The van der Waals surface area contributed by atoms with Gasteiger partial charge in [-0.1, -0.05) is 42.5 Å². The van der Waals surface area contributed by atoms with Crippen LogP contribution in [0.15, 0.2) is 78.9 Å². The molecule has 0 aliphatic rings. The molecule has 1 N–H and O–H groups in total. The highest BCUT2D eigenvalue weighted by molar-refractivity contribution is 6.02. The van der Waals surface area contributed by atoms with Crippen molar-refractivity contribution in [3.63, 3.8) is 0 Å². The van der Waals surface area contributed by atoms with Crippen LogP contribution >= 0.6 is 0 Å². The Morgan fingerprint density at radius 1 is 0.941 bits per heavy atom. The molecule has 4 aromatic rings. The molecular formula is C27H24F3N3O. The molecule has 1 atom stereocenters. The first-order chi connectivity index (χ1) is 16.1. The van der Waals surface area contributed by atoms with Crippen LogP contribution in [0, 0.1) is 0 Å². The average molecular weight is 464 g/mol. The number of amides is 1. The second-order valence-electron chi connectivity index (χ2n) is 8.33. The predicted molar refractivity (Wildman–Crippen MR) is 129 cm³/mol. The zero-order chi connectivity index (χ0) is 24.5. The van der Waals surface area contributed by atoms with E-state index < -0.39 is 11.7 Å². The molecule has 0 unspecified atom stereocenters. The summed E-state index contributed by atoms with van der Waals surface area (Å²) in [6.07, 6.45) is -4.38. The number of hydrogen-bond donors (Lipinski definition) is 1. The molecule has 0 radical (unpaired) electrons. The largest absolute Gasteiger partial charge is 0.416 e. The Morgan fingerprint density at radius 2 is 1.65 bits per heavy atom. The van der Waals surface area contributed by atoms with Gasteiger partial charge in [-0.05, 0) is 65.2 Å². The molecule has 0 bridgehead atoms. The number of carbonyl (C=O) groups is 1. The standard InChI is InChI=1S/C27H24F3N3O/c1-17(24-8-5-9-25(32-24)33(2)3)31-26(34)20-12-15-23-19(16-20)6-4-7-22(23)18-10-13-21(14-11-18)27(28,29)30/h4-17H,1-3H3,(H,31,34)/t17-/m0/s1. The summed E-state index contributed by atoms with van der Waals surface area (Å²) in [5.41, 5.74) is 2.04. The third-order valence-electron chi connectivity index (χ3n) is 5.67. The van der Waals surface area contributed by atoms with Crippen molar-refractivity contribution in [3.05, 3.63) is 95.7 Å². The van der Waals surface area contributed by atoms with Crippen LogP contribution in [0.25, 0.3) is 21.9 Å². The molecule has 0 aliphatic carbocycles. The van der Waals surface area contributed by atoms with Crippen LogP contribution in [0.3, 0.4) is 0 Å². The summed E-state index contributed by atoms with van der Waals surface area (Å²) in [6.45, 7) is 1.88. The summed E-state index contributed by atoms with van der Waals surface area (Å²) < 4.78 is 38.7. The number of alkyl halides is 3. The van der Waals surface area contributed by atoms with Crippen LogP contribution in [-0.4, -0.2) is 25.0 Å². The van der Waals surface area contributed by atoms with Crippen LogP contribution in [0.4, 0.5) is 19.0 Å². The molecular weight excluding hydrogens is 439 g/mol. The van der Waals surface area contributed by atoms with Crippen molar-refractivity contribution in [1.29, 1.82) is 0 Å². The number of hydrogen-bond acceptors (Lipinski definition) is 3. The van der Waals surface area contributed by atoms with Gasteiger partial charge < -0.3 is 10.2 Å². The molecule has 1 heterocycles. The van der Waals surface area contributed by atoms with E-state index in [2.05, 4.69) is 10.3 Å². The number of anilines is 1. The summed E-state index contributed by atoms with van der Waals surface area (Å²) in [5, 5.41) is 4.66. The highest BCUT2D eigenvalue weighted by Gasteiger charge is 2.30. The van der Waals surface area contributed by atoms with Crippen LogP contribution in [0.5, 0.6) is 0 Å². The van der Waals surface area contributed by atoms with Crippen LogP contribution in [-0.2, 0) is 6.18 Å². The lowest BCUT2D eigenvalue weighted by Gasteiger charge is -2.17. The first-order valence-corrected chi connectivity index (χ1v) is 10.8. The van der Waals surface area contributed by atoms with Crippen molar-refractivity contribution in [3.8, 4) is 11.1 Å². The van der Waals surface area contributed by atoms with Gasteiger partial charge in [0.1, 0.15) is 5.82 Å². The smallest absolute Gasteiger partial charge is 0.363 e. The zero-order valence-corrected chi connectivity index (χ0v) is 19.0. The lowest BCUT2D eigenvalue weighted by molar-refractivity contribution is -0.137. The van der Waals surface area contributed by atoms with Crippen LogP contribution < -0.4 is 10.2 Å². The quantitative estimate of drug-likeness (QED) is 0.369. The lowest BCUT2D eigenvalue weighted by atomic mass is 9.96. The molecule has 4 rings (SSSR count). The third-order valence-corrected chi connectivity index (χ3v) is 5.67. The van der Waals surface area contributed by atoms with Gasteiger partial charge in [0.15, 0.2) is 0 Å². The molecule has 7 heteroatoms. The lowest BCUT2D eigenvalue weighted by Crippen LogP contribution is -2.27. The van der Waals surface area contributed by atoms with Gasteiger partial charge >= 0.3 is 6.18 Å². The molecule has 0 spiro atoms. The van der Waals surface area contributed by atoms with Crippen molar-refractivity contribution in [2.75, 3.05) is 19.0 Å². The SMILES string of the molecule is C[C@H](NC(=O)c1ccc2c(-c3ccc(C(F)(F)F)cc3)cccc2c1)c1cccc(N(C)C)n1. The molecule has 34 heavy (non-hydrogen) atoms. The number of halogens is 3. The van der Waals surface area contributed by atoms with Crippen molar-refractivity contribution in [2.24, 2.45) is 0 Å². The van der Waals surface area contributed by atoms with E-state index in [-0.39, 0.29) is 11.9 Å². The molecule has 1 aromatic heterocycles. The van der Waals surface area contributed by atoms with E-state index in [1.807, 2.05) is 68.4 Å². The minimum atomic E-state index is -4.38. The van der Waals surface area contributed by atoms with Crippen molar-refractivity contribution >= 4 is 22.5 Å². The molecule has 174 valence electrons. The normalized spacial score (nSPS) is 12.4. The summed E-state index contributed by atoms with van der Waals surface area (Å²) in [6, 6.07) is 21.4. The Labute approximate surface area is 196 Å². The zero-order valence-electron chi connectivity index (χ0n) is 19.0. The fraction of sp³-hybridized carbons (Fsp3) is 0.185. The van der Waals surface area contributed by atoms with Crippen LogP contribution in [0.2, 0.25) is 0 Å². The predicted octanol–water partition coefficient (Wildman–Crippen LogP) is 6.48. The van der Waals surface area contributed by atoms with Gasteiger partial charge in [0.05, 0.1) is 17.3 Å². The van der Waals surface area contributed by atoms with Gasteiger partial charge in [-0.25, -0.2) is 4.98 Å². The van der Waals surface area contributed by atoms with E-state index in [0.717, 1.165) is 40.0 Å².